The molecule has 18 heavy (non-hydrogen) atoms. The zero-order valence-electron chi connectivity index (χ0n) is 10.7. The van der Waals surface area contributed by atoms with Gasteiger partial charge in [-0.3, -0.25) is 0 Å². The first kappa shape index (κ1) is 15.8. The molecule has 0 radical (unpaired) electrons. The molecule has 5 atom stereocenters. The fourth-order valence-electron chi connectivity index (χ4n) is 1.96. The Labute approximate surface area is 107 Å². The van der Waals surface area contributed by atoms with Crippen LogP contribution in [0.2, 0.25) is 0 Å². The minimum Gasteiger partial charge on any atom is -0.394 e. The minimum absolute atomic E-state index is 0.441. The van der Waals surface area contributed by atoms with Crippen LogP contribution < -0.4 is 0 Å². The molecule has 6 heteroatoms. The highest BCUT2D eigenvalue weighted by atomic mass is 16.7. The van der Waals surface area contributed by atoms with Gasteiger partial charge in [-0.05, 0) is 6.42 Å². The second kappa shape index (κ2) is 8.04. The Hall–Kier alpha value is -0.240. The summed E-state index contributed by atoms with van der Waals surface area (Å²) in [5.74, 6) is 0. The van der Waals surface area contributed by atoms with Gasteiger partial charge in [0.1, 0.15) is 24.4 Å². The van der Waals surface area contributed by atoms with Crippen LogP contribution >= 0.6 is 0 Å². The monoisotopic (exact) mass is 264 g/mol. The fourth-order valence-corrected chi connectivity index (χ4v) is 1.96. The topological polar surface area (TPSA) is 99.4 Å². The van der Waals surface area contributed by atoms with Crippen molar-refractivity contribution in [2.75, 3.05) is 13.2 Å². The van der Waals surface area contributed by atoms with E-state index in [1.807, 2.05) is 0 Å². The second-order valence-corrected chi connectivity index (χ2v) is 4.63. The van der Waals surface area contributed by atoms with E-state index in [1.165, 1.54) is 0 Å². The van der Waals surface area contributed by atoms with E-state index in [-0.39, 0.29) is 0 Å². The van der Waals surface area contributed by atoms with Crippen LogP contribution in [-0.2, 0) is 9.47 Å². The van der Waals surface area contributed by atoms with Crippen molar-refractivity contribution < 1.29 is 29.9 Å². The number of hydrogen-bond donors (Lipinski definition) is 4. The molecule has 0 saturated carbocycles. The van der Waals surface area contributed by atoms with Crippen molar-refractivity contribution in [2.24, 2.45) is 0 Å². The van der Waals surface area contributed by atoms with E-state index >= 15 is 0 Å². The summed E-state index contributed by atoms with van der Waals surface area (Å²) in [5.41, 5.74) is 0. The van der Waals surface area contributed by atoms with E-state index in [0.717, 1.165) is 25.7 Å². The van der Waals surface area contributed by atoms with Gasteiger partial charge >= 0.3 is 0 Å². The molecule has 0 aromatic rings. The van der Waals surface area contributed by atoms with Crippen molar-refractivity contribution in [1.29, 1.82) is 0 Å². The molecule has 0 spiro atoms. The van der Waals surface area contributed by atoms with Crippen LogP contribution in [0.15, 0.2) is 0 Å². The zero-order chi connectivity index (χ0) is 13.5. The highest BCUT2D eigenvalue weighted by Crippen LogP contribution is 2.24. The van der Waals surface area contributed by atoms with Gasteiger partial charge in [0.05, 0.1) is 6.61 Å². The molecule has 1 aliphatic heterocycles. The molecule has 108 valence electrons. The third-order valence-electron chi connectivity index (χ3n) is 3.10. The maximum Gasteiger partial charge on any atom is 0.186 e. The summed E-state index contributed by atoms with van der Waals surface area (Å²) < 4.78 is 10.5. The lowest BCUT2D eigenvalue weighted by Gasteiger charge is -2.18. The standard InChI is InChI=1S/C12H24O6/c1-2-3-4-5-6-17-12-10(16)9(15)11(18-12)8(14)7-13/h8-16H,2-7H2,1H3/t8-,9-,10-,11+,12+/m1/s1. The minimum atomic E-state index is -1.24. The van der Waals surface area contributed by atoms with Crippen LogP contribution in [0.4, 0.5) is 0 Å². The maximum absolute atomic E-state index is 9.68. The lowest BCUT2D eigenvalue weighted by Crippen LogP contribution is -2.40. The smallest absolute Gasteiger partial charge is 0.186 e. The summed E-state index contributed by atoms with van der Waals surface area (Å²) in [6, 6.07) is 0. The van der Waals surface area contributed by atoms with E-state index in [1.54, 1.807) is 0 Å². The predicted octanol–water partition coefficient (Wildman–Crippen LogP) is -0.617. The lowest BCUT2D eigenvalue weighted by molar-refractivity contribution is -0.181. The zero-order valence-corrected chi connectivity index (χ0v) is 10.7. The Bertz CT molecular complexity index is 225. The van der Waals surface area contributed by atoms with Gasteiger partial charge in [0, 0.05) is 6.61 Å². The van der Waals surface area contributed by atoms with Crippen LogP contribution in [0.5, 0.6) is 0 Å². The maximum atomic E-state index is 9.68. The number of hydrogen-bond acceptors (Lipinski definition) is 6. The van der Waals surface area contributed by atoms with Gasteiger partial charge in [-0.1, -0.05) is 26.2 Å². The number of unbranched alkanes of at least 4 members (excludes halogenated alkanes) is 3. The molecule has 0 bridgehead atoms. The van der Waals surface area contributed by atoms with Crippen LogP contribution in [0, 0.1) is 0 Å². The van der Waals surface area contributed by atoms with Crippen molar-refractivity contribution in [1.82, 2.24) is 0 Å². The van der Waals surface area contributed by atoms with Gasteiger partial charge in [0.2, 0.25) is 0 Å². The average Bonchev–Trinajstić information content (AvgIpc) is 2.66. The van der Waals surface area contributed by atoms with E-state index in [9.17, 15) is 15.3 Å². The first-order chi connectivity index (χ1) is 8.61. The molecule has 1 fully saturated rings. The van der Waals surface area contributed by atoms with Crippen LogP contribution in [0.3, 0.4) is 0 Å². The molecule has 1 rings (SSSR count). The van der Waals surface area contributed by atoms with E-state index < -0.39 is 37.3 Å². The molecule has 4 N–H and O–H groups in total. The number of rotatable bonds is 8. The Balaban J connectivity index is 2.30. The summed E-state index contributed by atoms with van der Waals surface area (Å²) in [5, 5.41) is 37.5. The molecule has 0 aromatic heterocycles. The van der Waals surface area contributed by atoms with Crippen molar-refractivity contribution in [3.63, 3.8) is 0 Å². The number of aliphatic hydroxyl groups excluding tert-OH is 4. The SMILES string of the molecule is CCCCCCO[C@H]1O[C@@H]([C@H](O)CO)[C@H](O)[C@H]1O. The summed E-state index contributed by atoms with van der Waals surface area (Å²) in [7, 11) is 0. The molecular weight excluding hydrogens is 240 g/mol. The van der Waals surface area contributed by atoms with E-state index in [4.69, 9.17) is 14.6 Å². The average molecular weight is 264 g/mol. The molecule has 6 nitrogen and oxygen atoms in total. The molecule has 0 aromatic carbocycles. The van der Waals surface area contributed by atoms with Gasteiger partial charge < -0.3 is 29.9 Å². The summed E-state index contributed by atoms with van der Waals surface area (Å²) in [6.45, 7) is 2.02. The van der Waals surface area contributed by atoms with E-state index in [2.05, 4.69) is 6.92 Å². The normalized spacial score (nSPS) is 33.8. The highest BCUT2D eigenvalue weighted by Gasteiger charge is 2.46. The number of ether oxygens (including phenoxy) is 2. The lowest BCUT2D eigenvalue weighted by atomic mass is 10.1. The summed E-state index contributed by atoms with van der Waals surface area (Å²) in [6.07, 6.45) is -1.43. The molecule has 0 amide bonds. The Morgan fingerprint density at radius 2 is 1.89 bits per heavy atom. The predicted molar refractivity (Wildman–Crippen MR) is 63.9 cm³/mol. The number of aliphatic hydroxyl groups is 4. The fraction of sp³-hybridized carbons (Fsp3) is 1.00. The van der Waals surface area contributed by atoms with Crippen molar-refractivity contribution >= 4 is 0 Å². The van der Waals surface area contributed by atoms with Crippen molar-refractivity contribution in [3.8, 4) is 0 Å². The molecule has 0 unspecified atom stereocenters. The first-order valence-corrected chi connectivity index (χ1v) is 6.54. The third kappa shape index (κ3) is 4.15. The molecule has 0 aliphatic carbocycles. The third-order valence-corrected chi connectivity index (χ3v) is 3.10. The second-order valence-electron chi connectivity index (χ2n) is 4.63. The first-order valence-electron chi connectivity index (χ1n) is 6.54. The van der Waals surface area contributed by atoms with Crippen molar-refractivity contribution in [2.45, 2.75) is 63.3 Å². The van der Waals surface area contributed by atoms with Crippen LogP contribution in [0.25, 0.3) is 0 Å². The largest absolute Gasteiger partial charge is 0.394 e. The van der Waals surface area contributed by atoms with E-state index in [0.29, 0.717) is 6.61 Å². The molecule has 1 saturated heterocycles. The highest BCUT2D eigenvalue weighted by molar-refractivity contribution is 4.90. The van der Waals surface area contributed by atoms with Crippen LogP contribution in [-0.4, -0.2) is 64.3 Å². The molecule has 1 heterocycles. The summed E-state index contributed by atoms with van der Waals surface area (Å²) in [4.78, 5) is 0. The summed E-state index contributed by atoms with van der Waals surface area (Å²) >= 11 is 0. The Morgan fingerprint density at radius 3 is 2.50 bits per heavy atom. The van der Waals surface area contributed by atoms with Gasteiger partial charge in [0.15, 0.2) is 6.29 Å². The van der Waals surface area contributed by atoms with Crippen molar-refractivity contribution in [3.05, 3.63) is 0 Å². The van der Waals surface area contributed by atoms with Crippen LogP contribution in [0.1, 0.15) is 32.6 Å². The van der Waals surface area contributed by atoms with Gasteiger partial charge in [-0.2, -0.15) is 0 Å². The molecule has 1 aliphatic rings. The van der Waals surface area contributed by atoms with Gasteiger partial charge in [-0.15, -0.1) is 0 Å². The Kier molecular flexibility index (Phi) is 7.06. The van der Waals surface area contributed by atoms with Gasteiger partial charge in [0.25, 0.3) is 0 Å². The van der Waals surface area contributed by atoms with Gasteiger partial charge in [-0.25, -0.2) is 0 Å². The molecular formula is C12H24O6. The quantitative estimate of drug-likeness (QED) is 0.436. The Morgan fingerprint density at radius 1 is 1.17 bits per heavy atom.